The average molecular weight is 647 g/mol. The number of nitrogens with zero attached hydrogens (tertiary/aromatic N) is 5. The van der Waals surface area contributed by atoms with E-state index in [9.17, 15) is 18.8 Å². The Bertz CT molecular complexity index is 1830. The lowest BCUT2D eigenvalue weighted by Crippen LogP contribution is -2.58. The van der Waals surface area contributed by atoms with E-state index in [1.54, 1.807) is 54.3 Å². The van der Waals surface area contributed by atoms with E-state index in [0.717, 1.165) is 6.42 Å². The van der Waals surface area contributed by atoms with Gasteiger partial charge in [-0.15, -0.1) is 0 Å². The lowest BCUT2D eigenvalue weighted by Gasteiger charge is -2.39. The number of hydrogen-bond acceptors (Lipinski definition) is 8. The maximum Gasteiger partial charge on any atom is 0.327 e. The number of rotatable bonds is 8. The molecule has 12 nitrogen and oxygen atoms in total. The molecule has 2 unspecified atom stereocenters. The molecule has 0 aliphatic carbocycles. The molecule has 3 aromatic carbocycles. The van der Waals surface area contributed by atoms with E-state index in [2.05, 4.69) is 5.32 Å². The van der Waals surface area contributed by atoms with Crippen molar-refractivity contribution in [3.05, 3.63) is 88.7 Å². The Morgan fingerprint density at radius 1 is 1.04 bits per heavy atom. The molecule has 248 valence electrons. The van der Waals surface area contributed by atoms with Crippen LogP contribution in [0.4, 0.5) is 20.6 Å². The van der Waals surface area contributed by atoms with Gasteiger partial charge < -0.3 is 29.4 Å². The van der Waals surface area contributed by atoms with Crippen LogP contribution in [0.5, 0.6) is 11.5 Å². The summed E-state index contributed by atoms with van der Waals surface area (Å²) >= 11 is 0. The minimum Gasteiger partial charge on any atom is -0.497 e. The van der Waals surface area contributed by atoms with E-state index >= 15 is 0 Å². The van der Waals surface area contributed by atoms with Crippen LogP contribution in [-0.2, 0) is 9.53 Å². The third kappa shape index (κ3) is 6.43. The van der Waals surface area contributed by atoms with E-state index in [-0.39, 0.29) is 12.9 Å². The number of urea groups is 1. The zero-order valence-corrected chi connectivity index (χ0v) is 26.5. The molecule has 1 aromatic heterocycles. The van der Waals surface area contributed by atoms with Crippen molar-refractivity contribution in [2.24, 2.45) is 0 Å². The second-order valence-corrected chi connectivity index (χ2v) is 11.4. The summed E-state index contributed by atoms with van der Waals surface area (Å²) in [7, 11) is 3.02. The molecule has 0 radical (unpaired) electrons. The van der Waals surface area contributed by atoms with Gasteiger partial charge in [-0.1, -0.05) is 12.1 Å². The molecular weight excluding hydrogens is 607 g/mol. The van der Waals surface area contributed by atoms with Crippen molar-refractivity contribution in [3.8, 4) is 11.5 Å². The number of piperazine rings is 1. The van der Waals surface area contributed by atoms with Crippen molar-refractivity contribution in [1.82, 2.24) is 14.6 Å². The summed E-state index contributed by atoms with van der Waals surface area (Å²) < 4.78 is 31.9. The average Bonchev–Trinajstić information content (AvgIpc) is 3.64. The Morgan fingerprint density at radius 3 is 2.47 bits per heavy atom. The number of halogens is 1. The van der Waals surface area contributed by atoms with Gasteiger partial charge in [-0.25, -0.2) is 18.8 Å². The monoisotopic (exact) mass is 646 g/mol. The van der Waals surface area contributed by atoms with Gasteiger partial charge in [0, 0.05) is 32.9 Å². The molecule has 0 bridgehead atoms. The number of fused-ring (bicyclic) bond motifs is 1. The smallest absolute Gasteiger partial charge is 0.327 e. The van der Waals surface area contributed by atoms with Crippen LogP contribution < -0.4 is 30.3 Å². The number of anilines is 2. The molecule has 13 heteroatoms. The molecule has 2 atom stereocenters. The Kier molecular flexibility index (Phi) is 9.25. The van der Waals surface area contributed by atoms with E-state index in [1.165, 1.54) is 48.1 Å². The summed E-state index contributed by atoms with van der Waals surface area (Å²) in [4.78, 5) is 49.6. The molecule has 3 amide bonds. The number of ether oxygens (including phenoxy) is 3. The Labute approximate surface area is 272 Å². The van der Waals surface area contributed by atoms with Gasteiger partial charge in [-0.05, 0) is 68.3 Å². The summed E-state index contributed by atoms with van der Waals surface area (Å²) in [6.45, 7) is 3.88. The van der Waals surface area contributed by atoms with Crippen LogP contribution in [0.2, 0.25) is 0 Å². The largest absolute Gasteiger partial charge is 0.497 e. The minimum atomic E-state index is -0.832. The number of carbonyl (C=O) groups excluding carboxylic acids is 2. The first kappa shape index (κ1) is 31.8. The maximum atomic E-state index is 14.2. The van der Waals surface area contributed by atoms with Crippen molar-refractivity contribution < 1.29 is 29.6 Å². The second-order valence-electron chi connectivity index (χ2n) is 11.4. The van der Waals surface area contributed by atoms with E-state index in [0.29, 0.717) is 78.8 Å². The van der Waals surface area contributed by atoms with E-state index in [1.807, 2.05) is 5.01 Å². The van der Waals surface area contributed by atoms with Gasteiger partial charge in [0.1, 0.15) is 23.4 Å². The zero-order valence-electron chi connectivity index (χ0n) is 26.5. The lowest BCUT2D eigenvalue weighted by atomic mass is 10.1. The lowest BCUT2D eigenvalue weighted by molar-refractivity contribution is -0.141. The van der Waals surface area contributed by atoms with Crippen LogP contribution >= 0.6 is 0 Å². The summed E-state index contributed by atoms with van der Waals surface area (Å²) in [6, 6.07) is 16.1. The summed E-state index contributed by atoms with van der Waals surface area (Å²) in [5.74, 6) is 0.705. The van der Waals surface area contributed by atoms with Crippen LogP contribution in [0.25, 0.3) is 10.9 Å². The first-order chi connectivity index (χ1) is 22.8. The van der Waals surface area contributed by atoms with Crippen LogP contribution in [0, 0.1) is 5.82 Å². The van der Waals surface area contributed by atoms with Crippen LogP contribution in [0.3, 0.4) is 0 Å². The van der Waals surface area contributed by atoms with Crippen LogP contribution in [0.1, 0.15) is 33.1 Å². The molecule has 6 rings (SSSR count). The van der Waals surface area contributed by atoms with Gasteiger partial charge >= 0.3 is 6.03 Å². The van der Waals surface area contributed by atoms with Crippen molar-refractivity contribution in [1.29, 1.82) is 0 Å². The number of carbonyl (C=O) groups is 2. The first-order valence-corrected chi connectivity index (χ1v) is 15.5. The highest BCUT2D eigenvalue weighted by atomic mass is 19.1. The molecule has 2 aliphatic rings. The van der Waals surface area contributed by atoms with Crippen molar-refractivity contribution >= 4 is 34.2 Å². The normalized spacial score (nSPS) is 17.0. The third-order valence-electron chi connectivity index (χ3n) is 8.56. The summed E-state index contributed by atoms with van der Waals surface area (Å²) in [6.07, 6.45) is 1.15. The molecule has 2 saturated heterocycles. The second kappa shape index (κ2) is 13.7. The van der Waals surface area contributed by atoms with Gasteiger partial charge in [0.25, 0.3) is 11.5 Å². The molecule has 4 aromatic rings. The van der Waals surface area contributed by atoms with Crippen molar-refractivity contribution in [2.45, 2.75) is 31.9 Å². The van der Waals surface area contributed by atoms with Gasteiger partial charge in [-0.2, -0.15) is 0 Å². The fourth-order valence-corrected chi connectivity index (χ4v) is 6.09. The maximum absolute atomic E-state index is 14.2. The number of aromatic nitrogens is 2. The van der Waals surface area contributed by atoms with Crippen molar-refractivity contribution in [2.75, 3.05) is 62.2 Å². The summed E-state index contributed by atoms with van der Waals surface area (Å²) in [5.41, 5.74) is 0.943. The standard InChI is InChI=1S/C34H37FN6O6.H2/c1-22(40(28-15-14-25(45-2)21-30(28)46-3)34(44)36-24-12-10-23(35)11-13-24)31-37-27-8-5-4-7-26(27)32(42)41(31)39-18-16-38(17-19-39)33(43)29-9-6-20-47-29;/h4-5,7-8,10-15,21-22,29H,6,9,16-20H2,1-3H3,(H,36,44);1H. The molecule has 1 N–H and O–H groups in total. The van der Waals surface area contributed by atoms with Gasteiger partial charge in [0.2, 0.25) is 0 Å². The number of para-hydroxylation sites is 1. The van der Waals surface area contributed by atoms with Crippen LogP contribution in [-0.4, -0.2) is 79.6 Å². The predicted molar refractivity (Wildman–Crippen MR) is 177 cm³/mol. The predicted octanol–water partition coefficient (Wildman–Crippen LogP) is 4.56. The zero-order chi connectivity index (χ0) is 33.1. The SMILES string of the molecule is COc1ccc(N(C(=O)Nc2ccc(F)cc2)C(C)c2nc3ccccc3c(=O)n2N2CCN(C(=O)C3CCCO3)CC2)c(OC)c1.[HH]. The molecule has 0 saturated carbocycles. The van der Waals surface area contributed by atoms with Gasteiger partial charge in [0.05, 0.1) is 49.9 Å². The molecule has 0 spiro atoms. The number of nitrogens with one attached hydrogen (secondary N) is 1. The summed E-state index contributed by atoms with van der Waals surface area (Å²) in [5, 5.41) is 5.13. The van der Waals surface area contributed by atoms with Crippen molar-refractivity contribution in [3.63, 3.8) is 0 Å². The fourth-order valence-electron chi connectivity index (χ4n) is 6.09. The highest BCUT2D eigenvalue weighted by Crippen LogP contribution is 2.37. The van der Waals surface area contributed by atoms with Crippen LogP contribution in [0.15, 0.2) is 71.5 Å². The highest BCUT2D eigenvalue weighted by Gasteiger charge is 2.34. The third-order valence-corrected chi connectivity index (χ3v) is 8.56. The topological polar surface area (TPSA) is 118 Å². The Balaban J connectivity index is 0.00000451. The first-order valence-electron chi connectivity index (χ1n) is 15.5. The molecule has 47 heavy (non-hydrogen) atoms. The highest BCUT2D eigenvalue weighted by molar-refractivity contribution is 6.03. The number of hydrogen-bond donors (Lipinski definition) is 1. The molecular formula is C34H39FN6O6. The Hall–Kier alpha value is -5.17. The van der Waals surface area contributed by atoms with E-state index < -0.39 is 24.0 Å². The van der Waals surface area contributed by atoms with E-state index in [4.69, 9.17) is 19.2 Å². The Morgan fingerprint density at radius 2 is 1.79 bits per heavy atom. The quantitative estimate of drug-likeness (QED) is 0.296. The number of methoxy groups -OCH3 is 2. The molecule has 2 aliphatic heterocycles. The minimum absolute atomic E-state index is 0. The number of benzene rings is 3. The number of amides is 3. The fraction of sp³-hybridized carbons (Fsp3) is 0.353. The molecule has 3 heterocycles. The van der Waals surface area contributed by atoms with Gasteiger partial charge in [0.15, 0.2) is 5.82 Å². The molecule has 2 fully saturated rings. The van der Waals surface area contributed by atoms with Gasteiger partial charge in [-0.3, -0.25) is 14.5 Å².